The maximum atomic E-state index is 13.2. The lowest BCUT2D eigenvalue weighted by Gasteiger charge is -2.35. The lowest BCUT2D eigenvalue weighted by atomic mass is 9.98. The number of aromatic nitrogens is 3. The Morgan fingerprint density at radius 1 is 1.34 bits per heavy atom. The van der Waals surface area contributed by atoms with Crippen molar-refractivity contribution < 1.29 is 4.79 Å². The number of carbonyl (C=O) groups is 1. The molecule has 0 aromatic carbocycles. The van der Waals surface area contributed by atoms with Crippen molar-refractivity contribution in [1.29, 1.82) is 0 Å². The third-order valence-corrected chi connectivity index (χ3v) is 6.26. The van der Waals surface area contributed by atoms with Gasteiger partial charge in [0.1, 0.15) is 5.82 Å². The van der Waals surface area contributed by atoms with E-state index in [4.69, 9.17) is 22.2 Å². The van der Waals surface area contributed by atoms with E-state index in [-0.39, 0.29) is 17.9 Å². The molecule has 7 heteroatoms. The third-order valence-electron chi connectivity index (χ3n) is 6.26. The monoisotopic (exact) mass is 430 g/mol. The average molecular weight is 431 g/mol. The highest BCUT2D eigenvalue weighted by molar-refractivity contribution is 5.96. The van der Waals surface area contributed by atoms with Gasteiger partial charge in [0.2, 0.25) is 0 Å². The number of amides is 1. The molecular formula is C25H30N6O. The van der Waals surface area contributed by atoms with Gasteiger partial charge in [-0.15, -0.1) is 12.3 Å². The first kappa shape index (κ1) is 21.7. The maximum absolute atomic E-state index is 13.2. The number of hydrogen-bond donors (Lipinski definition) is 1. The van der Waals surface area contributed by atoms with Gasteiger partial charge in [0.25, 0.3) is 5.91 Å². The van der Waals surface area contributed by atoms with Crippen LogP contribution in [0.25, 0.3) is 5.65 Å². The van der Waals surface area contributed by atoms with Crippen molar-refractivity contribution in [3.05, 3.63) is 60.1 Å². The van der Waals surface area contributed by atoms with E-state index in [1.165, 1.54) is 6.08 Å². The van der Waals surface area contributed by atoms with E-state index < -0.39 is 0 Å². The van der Waals surface area contributed by atoms with Gasteiger partial charge in [-0.2, -0.15) is 5.10 Å². The van der Waals surface area contributed by atoms with Gasteiger partial charge < -0.3 is 15.5 Å². The van der Waals surface area contributed by atoms with E-state index in [9.17, 15) is 4.79 Å². The van der Waals surface area contributed by atoms with Crippen LogP contribution in [-0.4, -0.2) is 45.0 Å². The highest BCUT2D eigenvalue weighted by atomic mass is 16.2. The molecule has 2 atom stereocenters. The lowest BCUT2D eigenvalue weighted by molar-refractivity contribution is -0.130. The van der Waals surface area contributed by atoms with Crippen LogP contribution in [0.5, 0.6) is 0 Å². The molecule has 0 radical (unpaired) electrons. The minimum absolute atomic E-state index is 0.101. The molecule has 2 aromatic rings. The zero-order chi connectivity index (χ0) is 22.8. The van der Waals surface area contributed by atoms with Gasteiger partial charge in [0.15, 0.2) is 5.65 Å². The van der Waals surface area contributed by atoms with E-state index >= 15 is 0 Å². The standard InChI is InChI=1S/C25H30N6O/c1-5-19-10-12-29(16-19)24-17(3)15-31-23(27-24)14-21(28-31)22-9-7-8-11-30(22)25(32)20(6-2)13-18(4)26/h1,6,13-15,19,22H,2,4,7-12,16,26H2,3H3/b20-13+/t19?,22-/m0/s1. The summed E-state index contributed by atoms with van der Waals surface area (Å²) in [7, 11) is 0. The second-order valence-corrected chi connectivity index (χ2v) is 8.61. The summed E-state index contributed by atoms with van der Waals surface area (Å²) in [6.45, 7) is 11.9. The number of anilines is 1. The van der Waals surface area contributed by atoms with Crippen LogP contribution in [-0.2, 0) is 4.79 Å². The van der Waals surface area contributed by atoms with Crippen LogP contribution in [0, 0.1) is 25.2 Å². The fourth-order valence-corrected chi connectivity index (χ4v) is 4.65. The van der Waals surface area contributed by atoms with Crippen LogP contribution >= 0.6 is 0 Å². The zero-order valence-electron chi connectivity index (χ0n) is 18.6. The molecule has 1 unspecified atom stereocenters. The van der Waals surface area contributed by atoms with Crippen molar-refractivity contribution >= 4 is 17.4 Å². The number of carbonyl (C=O) groups excluding carboxylic acids is 1. The topological polar surface area (TPSA) is 79.8 Å². The molecule has 2 N–H and O–H groups in total. The van der Waals surface area contributed by atoms with Crippen LogP contribution in [0.2, 0.25) is 0 Å². The van der Waals surface area contributed by atoms with Crippen LogP contribution in [0.1, 0.15) is 43.0 Å². The molecule has 0 aliphatic carbocycles. The first-order valence-electron chi connectivity index (χ1n) is 11.1. The highest BCUT2D eigenvalue weighted by Gasteiger charge is 2.31. The molecule has 1 amide bonds. The van der Waals surface area contributed by atoms with Crippen molar-refractivity contribution in [3.63, 3.8) is 0 Å². The summed E-state index contributed by atoms with van der Waals surface area (Å²) in [5.41, 5.74) is 9.16. The largest absolute Gasteiger partial charge is 0.399 e. The number of fused-ring (bicyclic) bond motifs is 1. The summed E-state index contributed by atoms with van der Waals surface area (Å²) < 4.78 is 1.81. The Bertz CT molecular complexity index is 1140. The van der Waals surface area contributed by atoms with Gasteiger partial charge in [-0.25, -0.2) is 9.50 Å². The Labute approximate surface area is 189 Å². The Hall–Kier alpha value is -3.53. The molecule has 0 spiro atoms. The summed E-state index contributed by atoms with van der Waals surface area (Å²) in [6.07, 6.45) is 14.6. The van der Waals surface area contributed by atoms with Crippen molar-refractivity contribution in [2.45, 2.75) is 38.6 Å². The van der Waals surface area contributed by atoms with Gasteiger partial charge in [0.05, 0.1) is 11.7 Å². The lowest BCUT2D eigenvalue weighted by Crippen LogP contribution is -2.39. The number of piperidine rings is 1. The fraction of sp³-hybridized carbons (Fsp3) is 0.400. The summed E-state index contributed by atoms with van der Waals surface area (Å²) in [5, 5.41) is 4.80. The maximum Gasteiger partial charge on any atom is 0.254 e. The molecule has 7 nitrogen and oxygen atoms in total. The Morgan fingerprint density at radius 3 is 2.84 bits per heavy atom. The number of hydrogen-bond acceptors (Lipinski definition) is 5. The van der Waals surface area contributed by atoms with E-state index in [1.54, 1.807) is 6.08 Å². The molecular weight excluding hydrogens is 400 g/mol. The molecule has 166 valence electrons. The van der Waals surface area contributed by atoms with Gasteiger partial charge in [-0.3, -0.25) is 4.79 Å². The first-order valence-corrected chi connectivity index (χ1v) is 11.1. The predicted octanol–water partition coefficient (Wildman–Crippen LogP) is 3.14. The number of nitrogens with two attached hydrogens (primary N) is 1. The molecule has 4 heterocycles. The normalized spacial score (nSPS) is 21.6. The average Bonchev–Trinajstić information content (AvgIpc) is 3.42. The Balaban J connectivity index is 1.66. The summed E-state index contributed by atoms with van der Waals surface area (Å²) in [5.74, 6) is 3.98. The van der Waals surface area contributed by atoms with Crippen LogP contribution < -0.4 is 10.6 Å². The minimum Gasteiger partial charge on any atom is -0.399 e. The number of rotatable bonds is 5. The van der Waals surface area contributed by atoms with Crippen molar-refractivity contribution in [1.82, 2.24) is 19.5 Å². The molecule has 32 heavy (non-hydrogen) atoms. The number of nitrogens with zero attached hydrogens (tertiary/aromatic N) is 5. The molecule has 2 aliphatic rings. The molecule has 4 rings (SSSR count). The van der Waals surface area contributed by atoms with Crippen molar-refractivity contribution in [2.75, 3.05) is 24.5 Å². The number of aryl methyl sites for hydroxylation is 1. The summed E-state index contributed by atoms with van der Waals surface area (Å²) in [4.78, 5) is 22.2. The van der Waals surface area contributed by atoms with E-state index in [2.05, 4.69) is 24.0 Å². The molecule has 0 saturated carbocycles. The van der Waals surface area contributed by atoms with Crippen LogP contribution in [0.4, 0.5) is 5.82 Å². The summed E-state index contributed by atoms with van der Waals surface area (Å²) in [6, 6.07) is 1.88. The molecule has 0 bridgehead atoms. The molecule has 2 fully saturated rings. The van der Waals surface area contributed by atoms with Crippen LogP contribution in [0.15, 0.2) is 48.8 Å². The van der Waals surface area contributed by atoms with Gasteiger partial charge in [-0.1, -0.05) is 19.2 Å². The number of allylic oxidation sites excluding steroid dienone is 1. The third kappa shape index (κ3) is 4.13. The second-order valence-electron chi connectivity index (χ2n) is 8.61. The van der Waals surface area contributed by atoms with E-state index in [1.807, 2.05) is 28.6 Å². The highest BCUT2D eigenvalue weighted by Crippen LogP contribution is 2.33. The quantitative estimate of drug-likeness (QED) is 0.448. The van der Waals surface area contributed by atoms with Gasteiger partial charge in [0, 0.05) is 54.6 Å². The second kappa shape index (κ2) is 8.91. The van der Waals surface area contributed by atoms with E-state index in [0.717, 1.165) is 61.5 Å². The Kier molecular flexibility index (Phi) is 6.04. The Morgan fingerprint density at radius 2 is 2.16 bits per heavy atom. The summed E-state index contributed by atoms with van der Waals surface area (Å²) >= 11 is 0. The minimum atomic E-state index is -0.117. The SMILES string of the molecule is C#CC1CCN(c2nc3cc([C@@H]4CCCCN4C(=O)/C(C=C)=C/C(=C)N)nn3cc2C)C1. The zero-order valence-corrected chi connectivity index (χ0v) is 18.6. The predicted molar refractivity (Wildman–Crippen MR) is 127 cm³/mol. The number of terminal acetylenes is 1. The van der Waals surface area contributed by atoms with Crippen LogP contribution in [0.3, 0.4) is 0 Å². The molecule has 2 aliphatic heterocycles. The van der Waals surface area contributed by atoms with Crippen molar-refractivity contribution in [3.8, 4) is 12.3 Å². The smallest absolute Gasteiger partial charge is 0.254 e. The first-order chi connectivity index (χ1) is 15.4. The van der Waals surface area contributed by atoms with Crippen molar-refractivity contribution in [2.24, 2.45) is 11.7 Å². The van der Waals surface area contributed by atoms with Gasteiger partial charge >= 0.3 is 0 Å². The number of likely N-dealkylation sites (tertiary alicyclic amines) is 1. The van der Waals surface area contributed by atoms with E-state index in [0.29, 0.717) is 17.8 Å². The fourth-order valence-electron chi connectivity index (χ4n) is 4.65. The van der Waals surface area contributed by atoms with Gasteiger partial charge in [-0.05, 0) is 38.7 Å². The molecule has 2 saturated heterocycles. The molecule has 2 aromatic heterocycles.